The van der Waals surface area contributed by atoms with Crippen LogP contribution >= 0.6 is 0 Å². The number of carbonyl (C=O) groups is 3. The molecule has 2 aromatic rings. The lowest BCUT2D eigenvalue weighted by Crippen LogP contribution is -2.42. The first-order chi connectivity index (χ1) is 12.8. The fourth-order valence-electron chi connectivity index (χ4n) is 3.40. The normalized spacial score (nSPS) is 19.6. The molecule has 1 aliphatic heterocycles. The third kappa shape index (κ3) is 2.97. The van der Waals surface area contributed by atoms with E-state index in [4.69, 9.17) is 4.74 Å². The molecule has 1 atom stereocenters. The van der Waals surface area contributed by atoms with E-state index in [1.165, 1.54) is 12.0 Å². The molecular formula is C21H22N2O4. The minimum atomic E-state index is -1.24. The summed E-state index contributed by atoms with van der Waals surface area (Å²) in [7, 11) is 3.08. The maximum absolute atomic E-state index is 13.2. The standard InChI is InChI=1S/C21H22N2O4/c1-14-8-7-9-15(12-14)17(24)13-23-19(25)21(2,22(3)20(23)26)16-10-5-6-11-18(16)27-4/h5-12H,13H2,1-4H3. The maximum atomic E-state index is 13.2. The average molecular weight is 366 g/mol. The number of Topliss-reactive ketones (excluding diaryl/α,β-unsaturated/α-hetero) is 1. The highest BCUT2D eigenvalue weighted by Gasteiger charge is 2.55. The van der Waals surface area contributed by atoms with Gasteiger partial charge in [-0.1, -0.05) is 42.0 Å². The number of ether oxygens (including phenoxy) is 1. The number of methoxy groups -OCH3 is 1. The van der Waals surface area contributed by atoms with Gasteiger partial charge in [0.05, 0.1) is 13.7 Å². The summed E-state index contributed by atoms with van der Waals surface area (Å²) in [5.41, 5.74) is 0.759. The molecular weight excluding hydrogens is 344 g/mol. The van der Waals surface area contributed by atoms with E-state index in [1.54, 1.807) is 56.4 Å². The van der Waals surface area contributed by atoms with Crippen LogP contribution in [0.4, 0.5) is 4.79 Å². The highest BCUT2D eigenvalue weighted by atomic mass is 16.5. The van der Waals surface area contributed by atoms with Gasteiger partial charge in [0.25, 0.3) is 5.91 Å². The number of aryl methyl sites for hydroxylation is 1. The Bertz CT molecular complexity index is 924. The third-order valence-electron chi connectivity index (χ3n) is 5.12. The van der Waals surface area contributed by atoms with Gasteiger partial charge in [-0.05, 0) is 26.0 Å². The summed E-state index contributed by atoms with van der Waals surface area (Å²) in [4.78, 5) is 41.0. The van der Waals surface area contributed by atoms with Crippen molar-refractivity contribution in [2.45, 2.75) is 19.4 Å². The van der Waals surface area contributed by atoms with Crippen molar-refractivity contribution in [3.05, 3.63) is 65.2 Å². The van der Waals surface area contributed by atoms with E-state index in [2.05, 4.69) is 0 Å². The van der Waals surface area contributed by atoms with Crippen molar-refractivity contribution in [2.75, 3.05) is 20.7 Å². The summed E-state index contributed by atoms with van der Waals surface area (Å²) >= 11 is 0. The minimum absolute atomic E-state index is 0.280. The van der Waals surface area contributed by atoms with Crippen LogP contribution in [0.5, 0.6) is 5.75 Å². The number of benzene rings is 2. The number of para-hydroxylation sites is 1. The lowest BCUT2D eigenvalue weighted by atomic mass is 9.90. The second kappa shape index (κ2) is 6.87. The monoisotopic (exact) mass is 366 g/mol. The van der Waals surface area contributed by atoms with Gasteiger partial charge in [-0.25, -0.2) is 4.79 Å². The zero-order valence-corrected chi connectivity index (χ0v) is 15.9. The number of ketones is 1. The van der Waals surface area contributed by atoms with Gasteiger partial charge in [0.15, 0.2) is 5.78 Å². The number of hydrogen-bond acceptors (Lipinski definition) is 4. The predicted molar refractivity (Wildman–Crippen MR) is 101 cm³/mol. The minimum Gasteiger partial charge on any atom is -0.496 e. The van der Waals surface area contributed by atoms with Crippen molar-refractivity contribution in [3.63, 3.8) is 0 Å². The van der Waals surface area contributed by atoms with Crippen LogP contribution < -0.4 is 4.74 Å². The molecule has 1 saturated heterocycles. The molecule has 2 aromatic carbocycles. The van der Waals surface area contributed by atoms with Gasteiger partial charge in [0, 0.05) is 18.2 Å². The van der Waals surface area contributed by atoms with Gasteiger partial charge in [-0.2, -0.15) is 0 Å². The summed E-state index contributed by atoms with van der Waals surface area (Å²) in [6.45, 7) is 3.26. The van der Waals surface area contributed by atoms with E-state index in [-0.39, 0.29) is 12.3 Å². The fraction of sp³-hybridized carbons (Fsp3) is 0.286. The van der Waals surface area contributed by atoms with E-state index < -0.39 is 17.5 Å². The summed E-state index contributed by atoms with van der Waals surface area (Å²) < 4.78 is 5.38. The van der Waals surface area contributed by atoms with Crippen LogP contribution in [0.1, 0.15) is 28.4 Å². The van der Waals surface area contributed by atoms with E-state index in [1.807, 2.05) is 13.0 Å². The molecule has 1 aliphatic rings. The summed E-state index contributed by atoms with van der Waals surface area (Å²) in [5, 5.41) is 0. The van der Waals surface area contributed by atoms with Gasteiger partial charge >= 0.3 is 6.03 Å². The molecule has 0 N–H and O–H groups in total. The maximum Gasteiger partial charge on any atom is 0.328 e. The number of amides is 3. The number of urea groups is 1. The Morgan fingerprint density at radius 2 is 1.81 bits per heavy atom. The number of carbonyl (C=O) groups excluding carboxylic acids is 3. The molecule has 0 bridgehead atoms. The molecule has 3 amide bonds. The second-order valence-electron chi connectivity index (χ2n) is 6.80. The highest BCUT2D eigenvalue weighted by Crippen LogP contribution is 2.40. The van der Waals surface area contributed by atoms with Gasteiger partial charge < -0.3 is 9.64 Å². The SMILES string of the molecule is COc1ccccc1C1(C)C(=O)N(CC(=O)c2cccc(C)c2)C(=O)N1C. The molecule has 1 heterocycles. The highest BCUT2D eigenvalue weighted by molar-refractivity contribution is 6.11. The van der Waals surface area contributed by atoms with E-state index in [0.29, 0.717) is 16.9 Å². The number of hydrogen-bond donors (Lipinski definition) is 0. The summed E-state index contributed by atoms with van der Waals surface area (Å²) in [6.07, 6.45) is 0. The quantitative estimate of drug-likeness (QED) is 0.603. The van der Waals surface area contributed by atoms with Crippen molar-refractivity contribution in [1.82, 2.24) is 9.80 Å². The Morgan fingerprint density at radius 3 is 2.48 bits per heavy atom. The number of rotatable bonds is 5. The average Bonchev–Trinajstić information content (AvgIpc) is 2.84. The predicted octanol–water partition coefficient (Wildman–Crippen LogP) is 3.00. The van der Waals surface area contributed by atoms with Crippen molar-refractivity contribution < 1.29 is 19.1 Å². The van der Waals surface area contributed by atoms with E-state index >= 15 is 0 Å². The van der Waals surface area contributed by atoms with Crippen LogP contribution in [0.15, 0.2) is 48.5 Å². The molecule has 1 unspecified atom stereocenters. The molecule has 140 valence electrons. The molecule has 0 aliphatic carbocycles. The molecule has 3 rings (SSSR count). The molecule has 0 spiro atoms. The lowest BCUT2D eigenvalue weighted by Gasteiger charge is -2.30. The van der Waals surface area contributed by atoms with E-state index in [0.717, 1.165) is 10.5 Å². The van der Waals surface area contributed by atoms with Gasteiger partial charge in [0.1, 0.15) is 11.3 Å². The zero-order valence-electron chi connectivity index (χ0n) is 15.9. The topological polar surface area (TPSA) is 66.9 Å². The number of nitrogens with zero attached hydrogens (tertiary/aromatic N) is 2. The smallest absolute Gasteiger partial charge is 0.328 e. The summed E-state index contributed by atoms with van der Waals surface area (Å²) in [6, 6.07) is 13.7. The first-order valence-corrected chi connectivity index (χ1v) is 8.63. The van der Waals surface area contributed by atoms with Crippen LogP contribution in [-0.2, 0) is 10.3 Å². The lowest BCUT2D eigenvalue weighted by molar-refractivity contribution is -0.132. The third-order valence-corrected chi connectivity index (χ3v) is 5.12. The van der Waals surface area contributed by atoms with Crippen LogP contribution in [0, 0.1) is 6.92 Å². The first-order valence-electron chi connectivity index (χ1n) is 8.63. The Morgan fingerprint density at radius 1 is 1.11 bits per heavy atom. The molecule has 0 radical (unpaired) electrons. The fourth-order valence-corrected chi connectivity index (χ4v) is 3.40. The van der Waals surface area contributed by atoms with Crippen LogP contribution in [0.25, 0.3) is 0 Å². The zero-order chi connectivity index (χ0) is 19.8. The number of likely N-dealkylation sites (N-methyl/N-ethyl adjacent to an activating group) is 1. The molecule has 0 aromatic heterocycles. The first kappa shape index (κ1) is 18.6. The largest absolute Gasteiger partial charge is 0.496 e. The Labute approximate surface area is 158 Å². The number of imide groups is 1. The van der Waals surface area contributed by atoms with Crippen LogP contribution in [0.3, 0.4) is 0 Å². The van der Waals surface area contributed by atoms with Gasteiger partial charge in [-0.15, -0.1) is 0 Å². The van der Waals surface area contributed by atoms with Crippen molar-refractivity contribution in [3.8, 4) is 5.75 Å². The van der Waals surface area contributed by atoms with E-state index in [9.17, 15) is 14.4 Å². The Hall–Kier alpha value is -3.15. The van der Waals surface area contributed by atoms with Gasteiger partial charge in [-0.3, -0.25) is 14.5 Å². The van der Waals surface area contributed by atoms with Crippen LogP contribution in [0.2, 0.25) is 0 Å². The molecule has 0 saturated carbocycles. The van der Waals surface area contributed by atoms with Gasteiger partial charge in [0.2, 0.25) is 0 Å². The van der Waals surface area contributed by atoms with Crippen molar-refractivity contribution in [1.29, 1.82) is 0 Å². The Kier molecular flexibility index (Phi) is 4.74. The van der Waals surface area contributed by atoms with Crippen molar-refractivity contribution >= 4 is 17.7 Å². The molecule has 1 fully saturated rings. The van der Waals surface area contributed by atoms with Crippen LogP contribution in [-0.4, -0.2) is 48.2 Å². The second-order valence-corrected chi connectivity index (χ2v) is 6.80. The van der Waals surface area contributed by atoms with Crippen molar-refractivity contribution in [2.24, 2.45) is 0 Å². The molecule has 6 heteroatoms. The molecule has 6 nitrogen and oxygen atoms in total. The Balaban J connectivity index is 1.94. The molecule has 27 heavy (non-hydrogen) atoms. The summed E-state index contributed by atoms with van der Waals surface area (Å²) in [5.74, 6) is -0.210.